The molecule has 0 bridgehead atoms. The van der Waals surface area contributed by atoms with Gasteiger partial charge >= 0.3 is 0 Å². The highest BCUT2D eigenvalue weighted by Gasteiger charge is 2.11. The zero-order valence-corrected chi connectivity index (χ0v) is 8.15. The summed E-state index contributed by atoms with van der Waals surface area (Å²) in [4.78, 5) is 0. The molecule has 0 aromatic carbocycles. The van der Waals surface area contributed by atoms with Gasteiger partial charge in [0.1, 0.15) is 0 Å². The van der Waals surface area contributed by atoms with Gasteiger partial charge < -0.3 is 4.74 Å². The van der Waals surface area contributed by atoms with Gasteiger partial charge in [0.15, 0.2) is 0 Å². The predicted octanol–water partition coefficient (Wildman–Crippen LogP) is 0.438. The van der Waals surface area contributed by atoms with E-state index in [1.54, 1.807) is 7.11 Å². The second-order valence-electron chi connectivity index (χ2n) is 2.11. The van der Waals surface area contributed by atoms with Crippen molar-refractivity contribution in [3.8, 4) is 0 Å². The summed E-state index contributed by atoms with van der Waals surface area (Å²) >= 11 is 0. The zero-order chi connectivity index (χ0) is 8.91. The minimum absolute atomic E-state index is 0.389. The summed E-state index contributed by atoms with van der Waals surface area (Å²) in [6.07, 6.45) is 0.652. The van der Waals surface area contributed by atoms with Crippen LogP contribution in [-0.4, -0.2) is 40.0 Å². The van der Waals surface area contributed by atoms with Crippen LogP contribution in [0.25, 0.3) is 0 Å². The second kappa shape index (κ2) is 4.92. The monoisotopic (exact) mass is 201 g/mol. The van der Waals surface area contributed by atoms with Crippen LogP contribution in [0.2, 0.25) is 0 Å². The van der Waals surface area contributed by atoms with E-state index in [1.165, 1.54) is 7.05 Å². The van der Waals surface area contributed by atoms with Crippen LogP contribution in [0.5, 0.6) is 0 Å². The molecule has 6 heteroatoms. The summed E-state index contributed by atoms with van der Waals surface area (Å²) in [5, 5.41) is 0. The third-order valence-corrected chi connectivity index (χ3v) is 2.83. The molecule has 11 heavy (non-hydrogen) atoms. The number of hydrogen-bond acceptors (Lipinski definition) is 3. The van der Waals surface area contributed by atoms with Crippen molar-refractivity contribution in [2.24, 2.45) is 0 Å². The van der Waals surface area contributed by atoms with Gasteiger partial charge in [-0.15, -0.1) is 0 Å². The first-order valence-electron chi connectivity index (χ1n) is 3.13. The number of hydrogen-bond donors (Lipinski definition) is 0. The lowest BCUT2D eigenvalue weighted by Gasteiger charge is -2.10. The molecule has 0 amide bonds. The fourth-order valence-corrected chi connectivity index (χ4v) is 1.09. The molecule has 0 aromatic rings. The number of rotatable bonds is 5. The fraction of sp³-hybridized carbons (Fsp3) is 1.00. The lowest BCUT2D eigenvalue weighted by atomic mass is 10.5. The van der Waals surface area contributed by atoms with Crippen molar-refractivity contribution < 1.29 is 13.2 Å². The molecule has 0 rings (SSSR count). The molecule has 0 aliphatic heterocycles. The summed E-state index contributed by atoms with van der Waals surface area (Å²) in [6, 6.07) is 0. The number of ether oxygens (including phenoxy) is 1. The Morgan fingerprint density at radius 1 is 1.55 bits per heavy atom. The molecule has 0 saturated heterocycles. The van der Waals surface area contributed by atoms with Gasteiger partial charge in [0.25, 0.3) is 9.24 Å². The first-order chi connectivity index (χ1) is 4.98. The third-order valence-electron chi connectivity index (χ3n) is 1.19. The zero-order valence-electron chi connectivity index (χ0n) is 6.58. The summed E-state index contributed by atoms with van der Waals surface area (Å²) in [5.74, 6) is 0. The molecule has 0 atom stereocenters. The number of nitrogens with zero attached hydrogens (tertiary/aromatic N) is 1. The van der Waals surface area contributed by atoms with E-state index in [2.05, 4.69) is 0 Å². The number of methoxy groups -OCH3 is 1. The van der Waals surface area contributed by atoms with Crippen LogP contribution >= 0.6 is 10.7 Å². The van der Waals surface area contributed by atoms with E-state index in [0.29, 0.717) is 19.6 Å². The Morgan fingerprint density at radius 3 is 2.45 bits per heavy atom. The van der Waals surface area contributed by atoms with Crippen molar-refractivity contribution in [3.05, 3.63) is 0 Å². The van der Waals surface area contributed by atoms with Crippen molar-refractivity contribution in [1.29, 1.82) is 0 Å². The molecule has 0 saturated carbocycles. The highest BCUT2D eigenvalue weighted by atomic mass is 35.7. The van der Waals surface area contributed by atoms with Crippen LogP contribution in [0, 0.1) is 0 Å². The molecule has 0 heterocycles. The minimum atomic E-state index is -3.53. The summed E-state index contributed by atoms with van der Waals surface area (Å²) in [5.41, 5.74) is 0. The number of halogens is 1. The molecule has 0 spiro atoms. The molecule has 0 aromatic heterocycles. The molecule has 0 N–H and O–H groups in total. The van der Waals surface area contributed by atoms with Crippen LogP contribution in [0.15, 0.2) is 0 Å². The Balaban J connectivity index is 3.62. The van der Waals surface area contributed by atoms with Gasteiger partial charge in [-0.1, -0.05) is 0 Å². The van der Waals surface area contributed by atoms with E-state index in [1.807, 2.05) is 0 Å². The van der Waals surface area contributed by atoms with Crippen molar-refractivity contribution in [2.45, 2.75) is 6.42 Å². The maximum absolute atomic E-state index is 10.6. The van der Waals surface area contributed by atoms with Crippen molar-refractivity contribution >= 4 is 19.9 Å². The highest BCUT2D eigenvalue weighted by molar-refractivity contribution is 8.11. The summed E-state index contributed by atoms with van der Waals surface area (Å²) < 4.78 is 27.0. The van der Waals surface area contributed by atoms with Gasteiger partial charge in [0.2, 0.25) is 0 Å². The third kappa shape index (κ3) is 5.43. The average molecular weight is 202 g/mol. The quantitative estimate of drug-likeness (QED) is 0.479. The summed E-state index contributed by atoms with van der Waals surface area (Å²) in [6.45, 7) is 0.927. The van der Waals surface area contributed by atoms with E-state index < -0.39 is 9.24 Å². The minimum Gasteiger partial charge on any atom is -0.385 e. The van der Waals surface area contributed by atoms with Crippen LogP contribution in [-0.2, 0) is 14.0 Å². The van der Waals surface area contributed by atoms with Crippen LogP contribution in [0.3, 0.4) is 0 Å². The Bertz CT molecular complexity index is 192. The molecule has 0 radical (unpaired) electrons. The van der Waals surface area contributed by atoms with Crippen LogP contribution < -0.4 is 0 Å². The standard InChI is InChI=1S/C5H12ClNO3S/c1-7(11(6,8)9)4-3-5-10-2/h3-5H2,1-2H3. The Hall–Kier alpha value is 0.160. The van der Waals surface area contributed by atoms with Gasteiger partial charge in [-0.3, -0.25) is 0 Å². The van der Waals surface area contributed by atoms with Gasteiger partial charge in [0.05, 0.1) is 0 Å². The lowest BCUT2D eigenvalue weighted by Crippen LogP contribution is -2.24. The molecule has 0 unspecified atom stereocenters. The first kappa shape index (κ1) is 11.2. The Kier molecular flexibility index (Phi) is 4.99. The van der Waals surface area contributed by atoms with E-state index in [9.17, 15) is 8.42 Å². The summed E-state index contributed by atoms with van der Waals surface area (Å²) in [7, 11) is 4.48. The molecular formula is C5H12ClNO3S. The van der Waals surface area contributed by atoms with Crippen LogP contribution in [0.4, 0.5) is 0 Å². The average Bonchev–Trinajstić information content (AvgIpc) is 1.86. The van der Waals surface area contributed by atoms with E-state index in [4.69, 9.17) is 15.4 Å². The maximum Gasteiger partial charge on any atom is 0.299 e. The van der Waals surface area contributed by atoms with Crippen molar-refractivity contribution in [2.75, 3.05) is 27.3 Å². The second-order valence-corrected chi connectivity index (χ2v) is 4.73. The van der Waals surface area contributed by atoms with Gasteiger partial charge in [-0.25, -0.2) is 0 Å². The van der Waals surface area contributed by atoms with E-state index >= 15 is 0 Å². The fourth-order valence-electron chi connectivity index (χ4n) is 0.541. The molecule has 4 nitrogen and oxygen atoms in total. The highest BCUT2D eigenvalue weighted by Crippen LogP contribution is 2.02. The van der Waals surface area contributed by atoms with E-state index in [-0.39, 0.29) is 0 Å². The van der Waals surface area contributed by atoms with Crippen LogP contribution in [0.1, 0.15) is 6.42 Å². The van der Waals surface area contributed by atoms with Gasteiger partial charge in [0, 0.05) is 38.0 Å². The van der Waals surface area contributed by atoms with Gasteiger partial charge in [-0.2, -0.15) is 12.7 Å². The van der Waals surface area contributed by atoms with Gasteiger partial charge in [-0.05, 0) is 6.42 Å². The largest absolute Gasteiger partial charge is 0.385 e. The van der Waals surface area contributed by atoms with E-state index in [0.717, 1.165) is 4.31 Å². The molecule has 68 valence electrons. The van der Waals surface area contributed by atoms with Crippen molar-refractivity contribution in [1.82, 2.24) is 4.31 Å². The van der Waals surface area contributed by atoms with Crippen molar-refractivity contribution in [3.63, 3.8) is 0 Å². The Labute approximate surface area is 71.6 Å². The lowest BCUT2D eigenvalue weighted by molar-refractivity contribution is 0.190. The topological polar surface area (TPSA) is 46.6 Å². The molecular weight excluding hydrogens is 190 g/mol. The molecule has 0 aliphatic carbocycles. The predicted molar refractivity (Wildman–Crippen MR) is 43.9 cm³/mol. The maximum atomic E-state index is 10.6. The normalized spacial score (nSPS) is 12.4. The molecule has 0 aliphatic rings. The SMILES string of the molecule is COCCCN(C)S(=O)(=O)Cl. The Morgan fingerprint density at radius 2 is 2.09 bits per heavy atom. The molecule has 0 fully saturated rings. The first-order valence-corrected chi connectivity index (χ1v) is 5.40. The smallest absolute Gasteiger partial charge is 0.299 e.